The minimum atomic E-state index is -0.689. The first kappa shape index (κ1) is 28.3. The zero-order valence-electron chi connectivity index (χ0n) is 23.3. The highest BCUT2D eigenvalue weighted by atomic mass is 16.2. The molecule has 0 saturated heterocycles. The zero-order chi connectivity index (χ0) is 28.6. The fourth-order valence-electron chi connectivity index (χ4n) is 5.85. The number of fused-ring (bicyclic) bond motifs is 1. The van der Waals surface area contributed by atoms with E-state index in [4.69, 9.17) is 0 Å². The molecule has 7 heteroatoms. The quantitative estimate of drug-likeness (QED) is 0.334. The minimum absolute atomic E-state index is 0.113. The summed E-state index contributed by atoms with van der Waals surface area (Å²) < 4.78 is 0. The summed E-state index contributed by atoms with van der Waals surface area (Å²) in [6.07, 6.45) is 6.12. The Morgan fingerprint density at radius 3 is 1.95 bits per heavy atom. The Kier molecular flexibility index (Phi) is 9.24. The number of imide groups is 1. The Hall–Kier alpha value is -4.26. The molecule has 3 aromatic rings. The standard InChI is InChI=1S/C34H37N3O4/c38-31(21-12-22-36-33(40)28-19-10-11-20-29(28)34(36)41)37(24-26-15-6-2-7-16-26)30(23-25-13-4-1-5-14-25)32(39)35-27-17-8-3-9-18-27/h1-2,4-7,10-11,13-16,19-20,27,30H,3,8-9,12,17-18,21-24H2,(H,35,39). The molecular formula is C34H37N3O4. The van der Waals surface area contributed by atoms with Crippen LogP contribution in [0, 0.1) is 0 Å². The van der Waals surface area contributed by atoms with Crippen molar-refractivity contribution in [2.45, 2.75) is 70.0 Å². The van der Waals surface area contributed by atoms with E-state index in [0.717, 1.165) is 36.8 Å². The van der Waals surface area contributed by atoms with Gasteiger partial charge in [0.25, 0.3) is 11.8 Å². The maximum atomic E-state index is 13.9. The third-order valence-corrected chi connectivity index (χ3v) is 8.07. The van der Waals surface area contributed by atoms with Crippen molar-refractivity contribution in [3.8, 4) is 0 Å². The van der Waals surface area contributed by atoms with E-state index in [9.17, 15) is 19.2 Å². The lowest BCUT2D eigenvalue weighted by Crippen LogP contribution is -2.52. The molecule has 1 aliphatic heterocycles. The van der Waals surface area contributed by atoms with Gasteiger partial charge in [-0.05, 0) is 42.5 Å². The summed E-state index contributed by atoms with van der Waals surface area (Å²) in [7, 11) is 0. The van der Waals surface area contributed by atoms with Crippen LogP contribution in [0.5, 0.6) is 0 Å². The van der Waals surface area contributed by atoms with E-state index < -0.39 is 6.04 Å². The second-order valence-electron chi connectivity index (χ2n) is 11.0. The van der Waals surface area contributed by atoms with E-state index in [-0.39, 0.29) is 42.6 Å². The highest BCUT2D eigenvalue weighted by Crippen LogP contribution is 2.24. The lowest BCUT2D eigenvalue weighted by atomic mass is 9.94. The molecule has 1 aliphatic carbocycles. The van der Waals surface area contributed by atoms with Crippen LogP contribution in [0.3, 0.4) is 0 Å². The molecule has 2 aliphatic rings. The molecule has 0 spiro atoms. The predicted molar refractivity (Wildman–Crippen MR) is 157 cm³/mol. The molecule has 3 aromatic carbocycles. The van der Waals surface area contributed by atoms with Gasteiger partial charge in [-0.2, -0.15) is 0 Å². The van der Waals surface area contributed by atoms with E-state index in [0.29, 0.717) is 30.5 Å². The van der Waals surface area contributed by atoms with Crippen LogP contribution in [0.1, 0.15) is 76.8 Å². The van der Waals surface area contributed by atoms with Crippen LogP contribution in [0.25, 0.3) is 0 Å². The molecule has 0 aromatic heterocycles. The summed E-state index contributed by atoms with van der Waals surface area (Å²) in [6, 6.07) is 25.7. The van der Waals surface area contributed by atoms with Gasteiger partial charge in [-0.15, -0.1) is 0 Å². The van der Waals surface area contributed by atoms with Crippen LogP contribution in [-0.4, -0.2) is 52.1 Å². The fourth-order valence-corrected chi connectivity index (χ4v) is 5.85. The fraction of sp³-hybridized carbons (Fsp3) is 0.353. The lowest BCUT2D eigenvalue weighted by Gasteiger charge is -2.33. The normalized spacial score (nSPS) is 15.9. The van der Waals surface area contributed by atoms with Crippen molar-refractivity contribution >= 4 is 23.6 Å². The molecule has 5 rings (SSSR count). The van der Waals surface area contributed by atoms with Crippen LogP contribution in [-0.2, 0) is 22.6 Å². The van der Waals surface area contributed by atoms with Crippen molar-refractivity contribution in [3.63, 3.8) is 0 Å². The van der Waals surface area contributed by atoms with Gasteiger partial charge in [-0.1, -0.05) is 92.1 Å². The van der Waals surface area contributed by atoms with E-state index in [1.165, 1.54) is 11.3 Å². The first-order valence-electron chi connectivity index (χ1n) is 14.6. The topological polar surface area (TPSA) is 86.8 Å². The summed E-state index contributed by atoms with van der Waals surface area (Å²) in [6.45, 7) is 0.442. The number of rotatable bonds is 11. The monoisotopic (exact) mass is 551 g/mol. The summed E-state index contributed by atoms with van der Waals surface area (Å²) in [5, 5.41) is 3.25. The number of hydrogen-bond donors (Lipinski definition) is 1. The van der Waals surface area contributed by atoms with E-state index in [2.05, 4.69) is 5.32 Å². The molecule has 1 atom stereocenters. The second kappa shape index (κ2) is 13.4. The molecule has 4 amide bonds. The number of carbonyl (C=O) groups is 4. The van der Waals surface area contributed by atoms with Gasteiger partial charge in [-0.25, -0.2) is 0 Å². The number of benzene rings is 3. The zero-order valence-corrected chi connectivity index (χ0v) is 23.3. The van der Waals surface area contributed by atoms with E-state index >= 15 is 0 Å². The largest absolute Gasteiger partial charge is 0.352 e. The molecule has 1 unspecified atom stereocenters. The number of amides is 4. The molecule has 0 bridgehead atoms. The van der Waals surface area contributed by atoms with Gasteiger partial charge >= 0.3 is 0 Å². The molecule has 0 radical (unpaired) electrons. The highest BCUT2D eigenvalue weighted by molar-refractivity contribution is 6.21. The van der Waals surface area contributed by atoms with Crippen molar-refractivity contribution in [1.29, 1.82) is 0 Å². The molecule has 41 heavy (non-hydrogen) atoms. The number of nitrogens with zero attached hydrogens (tertiary/aromatic N) is 2. The first-order chi connectivity index (χ1) is 20.0. The second-order valence-corrected chi connectivity index (χ2v) is 11.0. The van der Waals surface area contributed by atoms with Gasteiger partial charge in [0.15, 0.2) is 0 Å². The Morgan fingerprint density at radius 2 is 1.34 bits per heavy atom. The Labute approximate surface area is 241 Å². The maximum Gasteiger partial charge on any atom is 0.261 e. The SMILES string of the molecule is O=C(NC1CCCCC1)C(Cc1ccccc1)N(Cc1ccccc1)C(=O)CCCN1C(=O)c2ccccc2C1=O. The number of nitrogens with one attached hydrogen (secondary N) is 1. The average molecular weight is 552 g/mol. The Morgan fingerprint density at radius 1 is 0.780 bits per heavy atom. The van der Waals surface area contributed by atoms with Crippen LogP contribution >= 0.6 is 0 Å². The van der Waals surface area contributed by atoms with Crippen LogP contribution in [0.15, 0.2) is 84.9 Å². The van der Waals surface area contributed by atoms with E-state index in [1.807, 2.05) is 60.7 Å². The maximum absolute atomic E-state index is 13.9. The van der Waals surface area contributed by atoms with Crippen molar-refractivity contribution in [3.05, 3.63) is 107 Å². The van der Waals surface area contributed by atoms with Crippen LogP contribution in [0.4, 0.5) is 0 Å². The van der Waals surface area contributed by atoms with Crippen LogP contribution in [0.2, 0.25) is 0 Å². The average Bonchev–Trinajstić information content (AvgIpc) is 3.25. The van der Waals surface area contributed by atoms with Gasteiger partial charge in [0.1, 0.15) is 6.04 Å². The molecule has 1 saturated carbocycles. The summed E-state index contributed by atoms with van der Waals surface area (Å²) in [5.74, 6) is -0.962. The van der Waals surface area contributed by atoms with Gasteiger partial charge in [0, 0.05) is 32.0 Å². The third-order valence-electron chi connectivity index (χ3n) is 8.07. The van der Waals surface area contributed by atoms with Gasteiger partial charge in [-0.3, -0.25) is 24.1 Å². The van der Waals surface area contributed by atoms with Gasteiger partial charge in [0.2, 0.25) is 11.8 Å². The summed E-state index contributed by atoms with van der Waals surface area (Å²) in [5.41, 5.74) is 2.71. The minimum Gasteiger partial charge on any atom is -0.352 e. The molecule has 7 nitrogen and oxygen atoms in total. The molecule has 212 valence electrons. The third kappa shape index (κ3) is 6.91. The van der Waals surface area contributed by atoms with Gasteiger partial charge < -0.3 is 10.2 Å². The van der Waals surface area contributed by atoms with Crippen molar-refractivity contribution in [2.24, 2.45) is 0 Å². The van der Waals surface area contributed by atoms with E-state index in [1.54, 1.807) is 29.2 Å². The first-order valence-corrected chi connectivity index (χ1v) is 14.6. The molecule has 1 heterocycles. The van der Waals surface area contributed by atoms with Gasteiger partial charge in [0.05, 0.1) is 11.1 Å². The summed E-state index contributed by atoms with van der Waals surface area (Å²) >= 11 is 0. The van der Waals surface area contributed by atoms with Crippen molar-refractivity contribution < 1.29 is 19.2 Å². The lowest BCUT2D eigenvalue weighted by molar-refractivity contribution is -0.141. The van der Waals surface area contributed by atoms with Crippen LogP contribution < -0.4 is 5.32 Å². The molecule has 1 N–H and O–H groups in total. The summed E-state index contributed by atoms with van der Waals surface area (Å²) in [4.78, 5) is 56.2. The van der Waals surface area contributed by atoms with Crippen molar-refractivity contribution in [2.75, 3.05) is 6.54 Å². The predicted octanol–water partition coefficient (Wildman–Crippen LogP) is 5.15. The number of carbonyl (C=O) groups excluding carboxylic acids is 4. The Bertz CT molecular complexity index is 1330. The molecular weight excluding hydrogens is 514 g/mol. The molecule has 1 fully saturated rings. The van der Waals surface area contributed by atoms with Crippen molar-refractivity contribution in [1.82, 2.24) is 15.1 Å². The Balaban J connectivity index is 1.34. The smallest absolute Gasteiger partial charge is 0.261 e. The number of hydrogen-bond acceptors (Lipinski definition) is 4. The highest BCUT2D eigenvalue weighted by Gasteiger charge is 2.35.